The number of nitrogens with one attached hydrogen (secondary N) is 4. The molecule has 1 atom stereocenters. The Bertz CT molecular complexity index is 1380. The lowest BCUT2D eigenvalue weighted by Gasteiger charge is -2.30. The van der Waals surface area contributed by atoms with Crippen molar-refractivity contribution in [1.82, 2.24) is 21.0 Å². The van der Waals surface area contributed by atoms with Gasteiger partial charge in [0.15, 0.2) is 0 Å². The second-order valence-corrected chi connectivity index (χ2v) is 12.2. The molecule has 4 rings (SSSR count). The normalized spacial score (nSPS) is 14.7. The minimum atomic E-state index is -0.305. The van der Waals surface area contributed by atoms with Crippen LogP contribution in [0.1, 0.15) is 58.7 Å². The molecule has 1 aliphatic rings. The fraction of sp³-hybridized carbons (Fsp3) is 0.357. The smallest absolute Gasteiger partial charge is 0.103 e. The summed E-state index contributed by atoms with van der Waals surface area (Å²) >= 11 is 13.4. The number of hydrazine groups is 2. The highest BCUT2D eigenvalue weighted by Crippen LogP contribution is 2.37. The van der Waals surface area contributed by atoms with Gasteiger partial charge in [0.1, 0.15) is 6.07 Å². The summed E-state index contributed by atoms with van der Waals surface area (Å²) in [6, 6.07) is 13.5. The summed E-state index contributed by atoms with van der Waals surface area (Å²) < 4.78 is 0. The quantitative estimate of drug-likeness (QED) is 0.269. The van der Waals surface area contributed by atoms with Crippen LogP contribution in [0.25, 0.3) is 10.9 Å². The largest absolute Gasteiger partial charge is 0.383 e. The van der Waals surface area contributed by atoms with Crippen LogP contribution < -0.4 is 21.6 Å². The number of aromatic nitrogens is 1. The zero-order valence-electron chi connectivity index (χ0n) is 22.0. The summed E-state index contributed by atoms with van der Waals surface area (Å²) in [7, 11) is 0. The molecule has 2 heterocycles. The first-order valence-electron chi connectivity index (χ1n) is 12.2. The molecular formula is C28H33Cl2N7. The van der Waals surface area contributed by atoms with E-state index >= 15 is 0 Å². The Balaban J connectivity index is 1.81. The van der Waals surface area contributed by atoms with E-state index in [-0.39, 0.29) is 17.0 Å². The van der Waals surface area contributed by atoms with E-state index in [1.165, 1.54) is 0 Å². The summed E-state index contributed by atoms with van der Waals surface area (Å²) in [4.78, 5) is 4.48. The maximum Gasteiger partial charge on any atom is 0.103 e. The summed E-state index contributed by atoms with van der Waals surface area (Å²) in [6.07, 6.45) is 3.61. The molecule has 1 aliphatic heterocycles. The number of pyridine rings is 1. The van der Waals surface area contributed by atoms with Crippen LogP contribution in [0, 0.1) is 16.7 Å². The molecule has 7 nitrogen and oxygen atoms in total. The van der Waals surface area contributed by atoms with E-state index in [0.717, 1.165) is 28.0 Å². The van der Waals surface area contributed by atoms with E-state index in [1.54, 1.807) is 6.20 Å². The zero-order valence-corrected chi connectivity index (χ0v) is 23.5. The first-order valence-corrected chi connectivity index (χ1v) is 12.9. The van der Waals surface area contributed by atoms with Gasteiger partial charge >= 0.3 is 0 Å². The fourth-order valence-corrected chi connectivity index (χ4v) is 4.52. The van der Waals surface area contributed by atoms with E-state index in [4.69, 9.17) is 23.2 Å². The van der Waals surface area contributed by atoms with E-state index in [2.05, 4.69) is 74.2 Å². The molecule has 0 saturated carbocycles. The van der Waals surface area contributed by atoms with Crippen molar-refractivity contribution >= 4 is 45.5 Å². The standard InChI is InChI=1S/C28H33Cl2N7/c1-27(2,3)16-33-24-17(13-31)14-32-25-20(24)11-18(12-22(25)30)34-26(19-9-7-8-10-21(19)29)23-15-37(36-35-23)28(4,5)6/h7-12,14-15,26,34-36H,16H2,1-6H3,(H,32,33). The Morgan fingerprint density at radius 2 is 1.81 bits per heavy atom. The fourth-order valence-electron chi connectivity index (χ4n) is 4.01. The first-order chi connectivity index (χ1) is 17.4. The van der Waals surface area contributed by atoms with Crippen LogP contribution in [-0.2, 0) is 0 Å². The van der Waals surface area contributed by atoms with E-state index < -0.39 is 0 Å². The van der Waals surface area contributed by atoms with Crippen molar-refractivity contribution < 1.29 is 0 Å². The van der Waals surface area contributed by atoms with E-state index in [9.17, 15) is 5.26 Å². The molecule has 0 bridgehead atoms. The molecule has 0 aliphatic carbocycles. The number of halogens is 2. The van der Waals surface area contributed by atoms with Gasteiger partial charge in [0.25, 0.3) is 0 Å². The van der Waals surface area contributed by atoms with Gasteiger partial charge in [0.2, 0.25) is 0 Å². The Morgan fingerprint density at radius 1 is 1.08 bits per heavy atom. The van der Waals surface area contributed by atoms with Crippen LogP contribution in [0.5, 0.6) is 0 Å². The van der Waals surface area contributed by atoms with Gasteiger partial charge in [-0.05, 0) is 49.9 Å². The van der Waals surface area contributed by atoms with Crippen molar-refractivity contribution in [3.63, 3.8) is 0 Å². The van der Waals surface area contributed by atoms with Gasteiger partial charge in [-0.1, -0.05) is 62.2 Å². The van der Waals surface area contributed by atoms with Crippen molar-refractivity contribution in [3.05, 3.63) is 75.7 Å². The summed E-state index contributed by atoms with van der Waals surface area (Å²) in [5.74, 6) is 0. The Kier molecular flexibility index (Phi) is 7.48. The van der Waals surface area contributed by atoms with Gasteiger partial charge < -0.3 is 16.1 Å². The number of fused-ring (bicyclic) bond motifs is 1. The third-order valence-corrected chi connectivity index (χ3v) is 6.62. The predicted molar refractivity (Wildman–Crippen MR) is 153 cm³/mol. The number of nitriles is 1. The highest BCUT2D eigenvalue weighted by Gasteiger charge is 2.29. The molecule has 9 heteroatoms. The Hall–Kier alpha value is -3.18. The average Bonchev–Trinajstić information content (AvgIpc) is 3.32. The number of benzene rings is 2. The number of rotatable bonds is 6. The van der Waals surface area contributed by atoms with Gasteiger partial charge in [-0.25, -0.2) is 0 Å². The van der Waals surface area contributed by atoms with Crippen LogP contribution in [0.2, 0.25) is 10.0 Å². The van der Waals surface area contributed by atoms with Gasteiger partial charge in [-0.2, -0.15) is 5.26 Å². The van der Waals surface area contributed by atoms with Crippen LogP contribution in [-0.4, -0.2) is 22.1 Å². The second kappa shape index (κ2) is 10.3. The van der Waals surface area contributed by atoms with Gasteiger partial charge in [0, 0.05) is 40.6 Å². The van der Waals surface area contributed by atoms with E-state index in [0.29, 0.717) is 27.7 Å². The van der Waals surface area contributed by atoms with Gasteiger partial charge in [-0.15, -0.1) is 5.53 Å². The molecule has 0 radical (unpaired) electrons. The number of hydrogen-bond acceptors (Lipinski definition) is 7. The molecular weight excluding hydrogens is 505 g/mol. The molecule has 0 amide bonds. The van der Waals surface area contributed by atoms with Crippen molar-refractivity contribution in [1.29, 1.82) is 5.26 Å². The molecule has 0 spiro atoms. The van der Waals surface area contributed by atoms with Gasteiger partial charge in [-0.3, -0.25) is 9.99 Å². The monoisotopic (exact) mass is 537 g/mol. The summed E-state index contributed by atoms with van der Waals surface area (Å²) in [5, 5.41) is 20.8. The molecule has 1 unspecified atom stereocenters. The SMILES string of the molecule is CC(C)(C)CNc1c(C#N)cnc2c(Cl)cc(NC(C3=CN(C(C)(C)C)NN3)c3ccccc3Cl)cc12. The highest BCUT2D eigenvalue weighted by atomic mass is 35.5. The third kappa shape index (κ3) is 6.04. The topological polar surface area (TPSA) is 88.0 Å². The minimum Gasteiger partial charge on any atom is -0.383 e. The number of hydrogen-bond donors (Lipinski definition) is 4. The predicted octanol–water partition coefficient (Wildman–Crippen LogP) is 6.99. The van der Waals surface area contributed by atoms with Crippen molar-refractivity contribution in [2.75, 3.05) is 17.2 Å². The minimum absolute atomic E-state index is 0.0175. The highest BCUT2D eigenvalue weighted by molar-refractivity contribution is 6.36. The lowest BCUT2D eigenvalue weighted by atomic mass is 9.96. The number of anilines is 2. The van der Waals surface area contributed by atoms with Gasteiger partial charge in [0.05, 0.1) is 33.5 Å². The molecule has 1 aromatic heterocycles. The molecule has 2 aromatic carbocycles. The second-order valence-electron chi connectivity index (χ2n) is 11.4. The maximum absolute atomic E-state index is 9.78. The number of nitrogens with zero attached hydrogens (tertiary/aromatic N) is 3. The van der Waals surface area contributed by atoms with E-state index in [1.807, 2.05) is 47.6 Å². The molecule has 0 fully saturated rings. The zero-order chi connectivity index (χ0) is 27.0. The summed E-state index contributed by atoms with van der Waals surface area (Å²) in [5.41, 5.74) is 10.8. The average molecular weight is 539 g/mol. The van der Waals surface area contributed by atoms with Crippen molar-refractivity contribution in [2.45, 2.75) is 53.1 Å². The summed E-state index contributed by atoms with van der Waals surface area (Å²) in [6.45, 7) is 13.5. The van der Waals surface area contributed by atoms with Crippen LogP contribution in [0.3, 0.4) is 0 Å². The van der Waals surface area contributed by atoms with Crippen molar-refractivity contribution in [3.8, 4) is 6.07 Å². The first kappa shape index (κ1) is 26.9. The molecule has 37 heavy (non-hydrogen) atoms. The van der Waals surface area contributed by atoms with Crippen LogP contribution in [0.4, 0.5) is 11.4 Å². The lowest BCUT2D eigenvalue weighted by molar-refractivity contribution is 0.138. The molecule has 194 valence electrons. The molecule has 4 N–H and O–H groups in total. The lowest BCUT2D eigenvalue weighted by Crippen LogP contribution is -2.47. The molecule has 0 saturated heterocycles. The Labute approximate surface area is 228 Å². The Morgan fingerprint density at radius 3 is 2.43 bits per heavy atom. The van der Waals surface area contributed by atoms with Crippen LogP contribution >= 0.6 is 23.2 Å². The maximum atomic E-state index is 9.78. The third-order valence-electron chi connectivity index (χ3n) is 5.99. The molecule has 3 aromatic rings. The van der Waals surface area contributed by atoms with Crippen molar-refractivity contribution in [2.24, 2.45) is 5.41 Å². The van der Waals surface area contributed by atoms with Crippen LogP contribution in [0.15, 0.2) is 54.5 Å².